The van der Waals surface area contributed by atoms with E-state index in [4.69, 9.17) is 0 Å². The van der Waals surface area contributed by atoms with Crippen LogP contribution in [0.25, 0.3) is 0 Å². The number of nitrogens with one attached hydrogen (secondary N) is 2. The summed E-state index contributed by atoms with van der Waals surface area (Å²) in [4.78, 5) is 19.1. The molecule has 2 aromatic rings. The summed E-state index contributed by atoms with van der Waals surface area (Å²) in [6, 6.07) is 3.84. The monoisotopic (exact) mass is 314 g/mol. The highest BCUT2D eigenvalue weighted by Gasteiger charge is 2.18. The molecular weight excluding hydrogens is 292 g/mol. The van der Waals surface area contributed by atoms with Gasteiger partial charge < -0.3 is 15.5 Å². The molecule has 7 heteroatoms. The fraction of sp³-hybridized carbons (Fsp3) is 0.438. The molecule has 0 unspecified atom stereocenters. The molecule has 0 saturated carbocycles. The Morgan fingerprint density at radius 2 is 2.00 bits per heavy atom. The number of pyridine rings is 1. The highest BCUT2D eigenvalue weighted by Crippen LogP contribution is 2.17. The van der Waals surface area contributed by atoms with Gasteiger partial charge in [-0.05, 0) is 26.0 Å². The molecule has 1 saturated heterocycles. The zero-order valence-corrected chi connectivity index (χ0v) is 13.8. The summed E-state index contributed by atoms with van der Waals surface area (Å²) in [7, 11) is 1.83. The number of hydrogen-bond acceptors (Lipinski definition) is 5. The van der Waals surface area contributed by atoms with E-state index in [1.54, 1.807) is 4.68 Å². The van der Waals surface area contributed by atoms with Crippen LogP contribution < -0.4 is 15.5 Å². The molecule has 0 aromatic carbocycles. The average molecular weight is 314 g/mol. The number of rotatable bonds is 3. The number of aryl methyl sites for hydroxylation is 2. The van der Waals surface area contributed by atoms with Crippen molar-refractivity contribution in [2.75, 3.05) is 36.4 Å². The van der Waals surface area contributed by atoms with E-state index in [0.717, 1.165) is 43.3 Å². The molecular formula is C16H22N6O. The molecule has 7 nitrogen and oxygen atoms in total. The molecule has 0 aliphatic carbocycles. The number of anilines is 2. The van der Waals surface area contributed by atoms with Gasteiger partial charge in [-0.2, -0.15) is 5.10 Å². The summed E-state index contributed by atoms with van der Waals surface area (Å²) in [5.74, 6) is 0.382. The quantitative estimate of drug-likeness (QED) is 0.887. The van der Waals surface area contributed by atoms with Crippen LogP contribution in [0.1, 0.15) is 21.7 Å². The van der Waals surface area contributed by atoms with Crippen LogP contribution in [0.4, 0.5) is 11.5 Å². The first-order chi connectivity index (χ1) is 11.1. The number of carbonyl (C=O) groups excluding carboxylic acids is 1. The van der Waals surface area contributed by atoms with E-state index in [2.05, 4.69) is 25.6 Å². The topological polar surface area (TPSA) is 75.1 Å². The molecule has 2 aromatic heterocycles. The number of aromatic nitrogens is 3. The second-order valence-electron chi connectivity index (χ2n) is 5.76. The van der Waals surface area contributed by atoms with Crippen LogP contribution in [0.3, 0.4) is 0 Å². The zero-order chi connectivity index (χ0) is 16.4. The van der Waals surface area contributed by atoms with Crippen molar-refractivity contribution >= 4 is 17.4 Å². The predicted octanol–water partition coefficient (Wildman–Crippen LogP) is 1.09. The lowest BCUT2D eigenvalue weighted by atomic mass is 10.2. The minimum Gasteiger partial charge on any atom is -0.368 e. The van der Waals surface area contributed by atoms with Gasteiger partial charge in [0.2, 0.25) is 0 Å². The third kappa shape index (κ3) is 3.19. The molecule has 1 amide bonds. The van der Waals surface area contributed by atoms with Crippen molar-refractivity contribution in [3.63, 3.8) is 0 Å². The van der Waals surface area contributed by atoms with Crippen molar-refractivity contribution < 1.29 is 4.79 Å². The number of nitrogens with zero attached hydrogens (tertiary/aromatic N) is 4. The normalized spacial score (nSPS) is 14.8. The summed E-state index contributed by atoms with van der Waals surface area (Å²) in [5.41, 5.74) is 3.26. The maximum absolute atomic E-state index is 12.4. The smallest absolute Gasteiger partial charge is 0.260 e. The first-order valence-electron chi connectivity index (χ1n) is 7.79. The third-order valence-electron chi connectivity index (χ3n) is 4.21. The number of hydrogen-bond donors (Lipinski definition) is 2. The lowest BCUT2D eigenvalue weighted by molar-refractivity contribution is 0.102. The van der Waals surface area contributed by atoms with Crippen LogP contribution in [0.15, 0.2) is 18.3 Å². The van der Waals surface area contributed by atoms with E-state index >= 15 is 0 Å². The lowest BCUT2D eigenvalue weighted by Gasteiger charge is -2.29. The van der Waals surface area contributed by atoms with Crippen molar-refractivity contribution in [3.8, 4) is 0 Å². The highest BCUT2D eigenvalue weighted by molar-refractivity contribution is 6.05. The minimum absolute atomic E-state index is 0.171. The molecule has 1 aliphatic rings. The predicted molar refractivity (Wildman–Crippen MR) is 90.0 cm³/mol. The van der Waals surface area contributed by atoms with Crippen molar-refractivity contribution in [1.82, 2.24) is 20.1 Å². The van der Waals surface area contributed by atoms with Crippen LogP contribution in [0.2, 0.25) is 0 Å². The van der Waals surface area contributed by atoms with Gasteiger partial charge in [0.15, 0.2) is 0 Å². The Bertz CT molecular complexity index is 700. The van der Waals surface area contributed by atoms with Crippen molar-refractivity contribution in [2.24, 2.45) is 7.05 Å². The first kappa shape index (κ1) is 15.5. The Morgan fingerprint density at radius 1 is 1.26 bits per heavy atom. The van der Waals surface area contributed by atoms with E-state index in [0.29, 0.717) is 11.4 Å². The summed E-state index contributed by atoms with van der Waals surface area (Å²) >= 11 is 0. The molecule has 23 heavy (non-hydrogen) atoms. The molecule has 3 heterocycles. The average Bonchev–Trinajstić information content (AvgIpc) is 2.81. The molecule has 1 fully saturated rings. The van der Waals surface area contributed by atoms with Crippen LogP contribution in [-0.4, -0.2) is 46.9 Å². The molecule has 2 N–H and O–H groups in total. The second-order valence-corrected chi connectivity index (χ2v) is 5.76. The van der Waals surface area contributed by atoms with E-state index in [1.165, 1.54) is 0 Å². The van der Waals surface area contributed by atoms with Gasteiger partial charge in [-0.1, -0.05) is 0 Å². The number of carbonyl (C=O) groups is 1. The van der Waals surface area contributed by atoms with E-state index in [-0.39, 0.29) is 5.91 Å². The Balaban J connectivity index is 1.71. The maximum atomic E-state index is 12.4. The first-order valence-corrected chi connectivity index (χ1v) is 7.79. The standard InChI is InChI=1S/C16H22N6O/c1-11-15(12(2)21(3)20-11)16(23)19-14-5-4-13(10-18-14)22-8-6-17-7-9-22/h4-5,10,17H,6-9H2,1-3H3,(H,18,19,23). The fourth-order valence-electron chi connectivity index (χ4n) is 2.85. The van der Waals surface area contributed by atoms with Gasteiger partial charge in [0.1, 0.15) is 5.82 Å². The van der Waals surface area contributed by atoms with Crippen LogP contribution in [0.5, 0.6) is 0 Å². The van der Waals surface area contributed by atoms with Gasteiger partial charge in [-0.3, -0.25) is 9.48 Å². The Labute approximate surface area is 135 Å². The van der Waals surface area contributed by atoms with Gasteiger partial charge in [-0.25, -0.2) is 4.98 Å². The minimum atomic E-state index is -0.171. The summed E-state index contributed by atoms with van der Waals surface area (Å²) in [5, 5.41) is 10.4. The number of piperazine rings is 1. The van der Waals surface area contributed by atoms with E-state index in [9.17, 15) is 4.79 Å². The third-order valence-corrected chi connectivity index (χ3v) is 4.21. The van der Waals surface area contributed by atoms with Crippen molar-refractivity contribution in [2.45, 2.75) is 13.8 Å². The van der Waals surface area contributed by atoms with Gasteiger partial charge in [0.25, 0.3) is 5.91 Å². The molecule has 0 atom stereocenters. The summed E-state index contributed by atoms with van der Waals surface area (Å²) < 4.78 is 1.71. The Hall–Kier alpha value is -2.41. The largest absolute Gasteiger partial charge is 0.368 e. The highest BCUT2D eigenvalue weighted by atomic mass is 16.1. The van der Waals surface area contributed by atoms with E-state index in [1.807, 2.05) is 39.2 Å². The fourth-order valence-corrected chi connectivity index (χ4v) is 2.85. The van der Waals surface area contributed by atoms with Gasteiger partial charge in [0, 0.05) is 38.9 Å². The molecule has 0 spiro atoms. The molecule has 1 aliphatic heterocycles. The maximum Gasteiger partial charge on any atom is 0.260 e. The number of amides is 1. The van der Waals surface area contributed by atoms with E-state index < -0.39 is 0 Å². The molecule has 0 radical (unpaired) electrons. The van der Waals surface area contributed by atoms with Gasteiger partial charge >= 0.3 is 0 Å². The van der Waals surface area contributed by atoms with Gasteiger partial charge in [-0.15, -0.1) is 0 Å². The zero-order valence-electron chi connectivity index (χ0n) is 13.8. The van der Waals surface area contributed by atoms with Crippen molar-refractivity contribution in [3.05, 3.63) is 35.3 Å². The molecule has 0 bridgehead atoms. The lowest BCUT2D eigenvalue weighted by Crippen LogP contribution is -2.43. The molecule has 122 valence electrons. The molecule has 3 rings (SSSR count). The van der Waals surface area contributed by atoms with Crippen LogP contribution >= 0.6 is 0 Å². The second kappa shape index (κ2) is 6.37. The van der Waals surface area contributed by atoms with Crippen molar-refractivity contribution in [1.29, 1.82) is 0 Å². The van der Waals surface area contributed by atoms with Gasteiger partial charge in [0.05, 0.1) is 23.1 Å². The van der Waals surface area contributed by atoms with Crippen LogP contribution in [0, 0.1) is 13.8 Å². The Morgan fingerprint density at radius 3 is 2.57 bits per heavy atom. The summed E-state index contributed by atoms with van der Waals surface area (Å²) in [6.45, 7) is 7.64. The SMILES string of the molecule is Cc1nn(C)c(C)c1C(=O)Nc1ccc(N2CCNCC2)cn1. The van der Waals surface area contributed by atoms with Crippen LogP contribution in [-0.2, 0) is 7.05 Å². The summed E-state index contributed by atoms with van der Waals surface area (Å²) in [6.07, 6.45) is 1.81. The Kier molecular flexibility index (Phi) is 4.29.